The van der Waals surface area contributed by atoms with Crippen LogP contribution >= 0.6 is 0 Å². The first-order valence-electron chi connectivity index (χ1n) is 14.1. The maximum absolute atomic E-state index is 14.1. The maximum atomic E-state index is 14.1. The Morgan fingerprint density at radius 3 is 2.26 bits per heavy atom. The minimum absolute atomic E-state index is 0.0366. The zero-order valence-electron chi connectivity index (χ0n) is 24.5. The Morgan fingerprint density at radius 1 is 0.952 bits per heavy atom. The number of hydrogen-bond acceptors (Lipinski definition) is 7. The number of para-hydroxylation sites is 2. The minimum Gasteiger partial charge on any atom is -0.364 e. The number of nitrogens with one attached hydrogen (secondary N) is 3. The third-order valence-electron chi connectivity index (χ3n) is 7.55. The molecule has 2 aliphatic rings. The summed E-state index contributed by atoms with van der Waals surface area (Å²) in [5, 5.41) is 5.45. The number of nitrogens with zero attached hydrogens (tertiary/aromatic N) is 2. The number of fused-ring (bicyclic) bond motifs is 1. The van der Waals surface area contributed by atoms with Crippen LogP contribution in [0.1, 0.15) is 63.2 Å². The highest BCUT2D eigenvalue weighted by Gasteiger charge is 2.39. The highest BCUT2D eigenvalue weighted by Crippen LogP contribution is 2.37. The number of ketones is 1. The fraction of sp³-hybridized carbons (Fsp3) is 0.467. The van der Waals surface area contributed by atoms with Gasteiger partial charge < -0.3 is 20.4 Å². The van der Waals surface area contributed by atoms with E-state index in [1.807, 2.05) is 49.8 Å². The molecular weight excluding hydrogens is 558 g/mol. The van der Waals surface area contributed by atoms with Gasteiger partial charge in [-0.1, -0.05) is 58.2 Å². The molecule has 2 aromatic carbocycles. The number of carbonyl (C=O) groups is 4. The van der Waals surface area contributed by atoms with Crippen LogP contribution in [-0.2, 0) is 19.6 Å². The van der Waals surface area contributed by atoms with E-state index in [0.717, 1.165) is 44.0 Å². The van der Waals surface area contributed by atoms with E-state index < -0.39 is 39.3 Å². The highest BCUT2D eigenvalue weighted by molar-refractivity contribution is 7.89. The van der Waals surface area contributed by atoms with Crippen LogP contribution < -0.4 is 25.2 Å². The number of carbonyl (C=O) groups excluding carboxylic acids is 4. The average Bonchev–Trinajstić information content (AvgIpc) is 3.03. The van der Waals surface area contributed by atoms with Gasteiger partial charge in [0.2, 0.25) is 10.0 Å². The van der Waals surface area contributed by atoms with E-state index in [4.69, 9.17) is 0 Å². The van der Waals surface area contributed by atoms with Crippen molar-refractivity contribution in [3.8, 4) is 0 Å². The Hall–Kier alpha value is -3.93. The van der Waals surface area contributed by atoms with Gasteiger partial charge in [-0.15, -0.1) is 0 Å². The van der Waals surface area contributed by atoms with Crippen molar-refractivity contribution in [2.45, 2.75) is 65.0 Å². The van der Waals surface area contributed by atoms with Crippen LogP contribution in [0.3, 0.4) is 0 Å². The summed E-state index contributed by atoms with van der Waals surface area (Å²) >= 11 is 0. The molecule has 42 heavy (non-hydrogen) atoms. The van der Waals surface area contributed by atoms with Gasteiger partial charge in [0.15, 0.2) is 5.78 Å². The molecule has 0 aromatic heterocycles. The first-order chi connectivity index (χ1) is 19.7. The van der Waals surface area contributed by atoms with Crippen molar-refractivity contribution in [3.63, 3.8) is 0 Å². The largest absolute Gasteiger partial charge is 0.364 e. The number of sulfonamides is 1. The highest BCUT2D eigenvalue weighted by atomic mass is 32.2. The lowest BCUT2D eigenvalue weighted by atomic mass is 9.90. The number of hydrogen-bond donors (Lipinski definition) is 3. The normalized spacial score (nSPS) is 18.1. The molecular formula is C30H39N5O6S. The number of Topliss-reactive ketones (excluding diaryl/α,β-unsaturated/α-hetero) is 1. The van der Waals surface area contributed by atoms with Crippen molar-refractivity contribution in [2.24, 2.45) is 5.41 Å². The summed E-state index contributed by atoms with van der Waals surface area (Å²) in [6, 6.07) is 11.9. The summed E-state index contributed by atoms with van der Waals surface area (Å²) < 4.78 is 24.8. The van der Waals surface area contributed by atoms with E-state index in [1.165, 1.54) is 23.1 Å². The van der Waals surface area contributed by atoms with Crippen LogP contribution in [-0.4, -0.2) is 63.5 Å². The molecule has 0 unspecified atom stereocenters. The smallest absolute Gasteiger partial charge is 0.319 e. The molecule has 4 rings (SSSR count). The zero-order valence-corrected chi connectivity index (χ0v) is 25.3. The fourth-order valence-corrected chi connectivity index (χ4v) is 5.75. The topological polar surface area (TPSA) is 145 Å². The van der Waals surface area contributed by atoms with Crippen LogP contribution in [0.4, 0.5) is 21.9 Å². The molecule has 0 saturated heterocycles. The van der Waals surface area contributed by atoms with E-state index >= 15 is 0 Å². The zero-order chi connectivity index (χ0) is 30.7. The van der Waals surface area contributed by atoms with Crippen molar-refractivity contribution in [1.82, 2.24) is 10.0 Å². The quantitative estimate of drug-likeness (QED) is 0.442. The Kier molecular flexibility index (Phi) is 9.24. The fourth-order valence-electron chi connectivity index (χ4n) is 5.30. The lowest BCUT2D eigenvalue weighted by Crippen LogP contribution is -2.55. The Labute approximate surface area is 247 Å². The van der Waals surface area contributed by atoms with Crippen molar-refractivity contribution >= 4 is 50.7 Å². The molecule has 0 radical (unpaired) electrons. The molecule has 226 valence electrons. The number of anilines is 3. The second-order valence-electron chi connectivity index (χ2n) is 12.0. The van der Waals surface area contributed by atoms with Gasteiger partial charge in [-0.25, -0.2) is 17.9 Å². The van der Waals surface area contributed by atoms with Crippen LogP contribution in [0.2, 0.25) is 0 Å². The molecule has 1 aliphatic carbocycles. The summed E-state index contributed by atoms with van der Waals surface area (Å²) in [7, 11) is -3.77. The van der Waals surface area contributed by atoms with Crippen molar-refractivity contribution < 1.29 is 27.6 Å². The van der Waals surface area contributed by atoms with Gasteiger partial charge in [-0.3, -0.25) is 14.4 Å². The molecule has 2 aromatic rings. The molecule has 0 spiro atoms. The van der Waals surface area contributed by atoms with Gasteiger partial charge in [0.05, 0.1) is 24.2 Å². The van der Waals surface area contributed by atoms with E-state index in [1.54, 1.807) is 6.07 Å². The maximum Gasteiger partial charge on any atom is 0.319 e. The van der Waals surface area contributed by atoms with Crippen LogP contribution in [0.5, 0.6) is 0 Å². The van der Waals surface area contributed by atoms with Crippen molar-refractivity contribution in [1.29, 1.82) is 0 Å². The molecule has 4 amide bonds. The Bertz CT molecular complexity index is 1460. The lowest BCUT2D eigenvalue weighted by Gasteiger charge is -2.37. The van der Waals surface area contributed by atoms with E-state index in [2.05, 4.69) is 15.5 Å². The Morgan fingerprint density at radius 2 is 1.62 bits per heavy atom. The van der Waals surface area contributed by atoms with Crippen LogP contribution in [0, 0.1) is 5.41 Å². The molecule has 1 heterocycles. The number of benzene rings is 2. The SMILES string of the molecule is CC(C)(C)C(=O)CN1C(=O)[C@H](NC(=O)Nc2cccc(C(=O)NS(C)(=O)=O)c2)CN(C2CCCCC2)c2ccccc21. The molecule has 12 heteroatoms. The predicted octanol–water partition coefficient (Wildman–Crippen LogP) is 3.67. The second-order valence-corrected chi connectivity index (χ2v) is 13.7. The molecule has 0 bridgehead atoms. The minimum atomic E-state index is -3.77. The standard InChI is InChI=1S/C30H39N5O6S/c1-30(2,3)26(36)19-35-25-16-9-8-15-24(25)34(22-13-6-5-7-14-22)18-23(28(35)38)32-29(39)31-21-12-10-11-20(17-21)27(37)33-42(4,40)41/h8-12,15-17,22-23H,5-7,13-14,18-19H2,1-4H3,(H,33,37)(H2,31,32,39)/t23-/m1/s1. The van der Waals surface area contributed by atoms with Crippen LogP contribution in [0.25, 0.3) is 0 Å². The van der Waals surface area contributed by atoms with Gasteiger partial charge in [0.25, 0.3) is 11.8 Å². The van der Waals surface area contributed by atoms with E-state index in [0.29, 0.717) is 5.69 Å². The third-order valence-corrected chi connectivity index (χ3v) is 8.10. The van der Waals surface area contributed by atoms with Gasteiger partial charge in [0, 0.05) is 29.3 Å². The van der Waals surface area contributed by atoms with Gasteiger partial charge in [-0.05, 0) is 43.2 Å². The van der Waals surface area contributed by atoms with Gasteiger partial charge in [-0.2, -0.15) is 0 Å². The van der Waals surface area contributed by atoms with Crippen molar-refractivity contribution in [3.05, 3.63) is 54.1 Å². The first kappa shape index (κ1) is 31.0. The second kappa shape index (κ2) is 12.5. The van der Waals surface area contributed by atoms with Gasteiger partial charge >= 0.3 is 6.03 Å². The molecule has 1 atom stereocenters. The van der Waals surface area contributed by atoms with E-state index in [-0.39, 0.29) is 36.2 Å². The first-order valence-corrected chi connectivity index (χ1v) is 16.0. The van der Waals surface area contributed by atoms with E-state index in [9.17, 15) is 27.6 Å². The Balaban J connectivity index is 1.61. The molecule has 3 N–H and O–H groups in total. The third kappa shape index (κ3) is 7.67. The number of amides is 4. The summed E-state index contributed by atoms with van der Waals surface area (Å²) in [5.74, 6) is -1.33. The van der Waals surface area contributed by atoms with Crippen LogP contribution in [0.15, 0.2) is 48.5 Å². The number of urea groups is 1. The summed E-state index contributed by atoms with van der Waals surface area (Å²) in [4.78, 5) is 56.4. The number of rotatable bonds is 7. The monoisotopic (exact) mass is 597 g/mol. The molecule has 1 saturated carbocycles. The summed E-state index contributed by atoms with van der Waals surface area (Å²) in [6.07, 6.45) is 6.10. The summed E-state index contributed by atoms with van der Waals surface area (Å²) in [6.45, 7) is 5.53. The lowest BCUT2D eigenvalue weighted by molar-refractivity contribution is -0.127. The summed E-state index contributed by atoms with van der Waals surface area (Å²) in [5.41, 5.74) is 1.10. The average molecular weight is 598 g/mol. The molecule has 1 fully saturated rings. The van der Waals surface area contributed by atoms with Crippen molar-refractivity contribution in [2.75, 3.05) is 34.5 Å². The predicted molar refractivity (Wildman–Crippen MR) is 162 cm³/mol. The molecule has 11 nitrogen and oxygen atoms in total. The van der Waals surface area contributed by atoms with Gasteiger partial charge in [0.1, 0.15) is 6.04 Å². The molecule has 1 aliphatic heterocycles.